The zero-order chi connectivity index (χ0) is 14.9. The molecular formula is C14H24N2O2S2. The first kappa shape index (κ1) is 15.9. The lowest BCUT2D eigenvalue weighted by molar-refractivity contribution is 0.465. The monoisotopic (exact) mass is 316 g/mol. The zero-order valence-electron chi connectivity index (χ0n) is 12.6. The van der Waals surface area contributed by atoms with Gasteiger partial charge in [0.1, 0.15) is 4.21 Å². The van der Waals surface area contributed by atoms with Crippen molar-refractivity contribution in [2.45, 2.75) is 44.5 Å². The molecule has 20 heavy (non-hydrogen) atoms. The Morgan fingerprint density at radius 3 is 2.45 bits per heavy atom. The molecule has 2 heterocycles. The number of thiophene rings is 1. The van der Waals surface area contributed by atoms with E-state index in [1.165, 1.54) is 11.3 Å². The molecule has 6 heteroatoms. The molecule has 0 radical (unpaired) electrons. The first-order chi connectivity index (χ1) is 9.30. The predicted octanol–water partition coefficient (Wildman–Crippen LogP) is 2.52. The highest BCUT2D eigenvalue weighted by molar-refractivity contribution is 7.91. The number of sulfonamides is 1. The van der Waals surface area contributed by atoms with E-state index >= 15 is 0 Å². The van der Waals surface area contributed by atoms with E-state index in [0.29, 0.717) is 35.2 Å². The van der Waals surface area contributed by atoms with Gasteiger partial charge in [0.25, 0.3) is 10.0 Å². The lowest BCUT2D eigenvalue weighted by Crippen LogP contribution is -2.28. The molecule has 2 atom stereocenters. The second-order valence-electron chi connectivity index (χ2n) is 6.03. The fourth-order valence-corrected chi connectivity index (χ4v) is 5.40. The standard InChI is InChI=1S/C14H24N2O2S2/c1-10(2)15-7-13-5-6-14(19-13)20(17,18)16-8-11(3)12(4)9-16/h5-6,10-12,15H,7-9H2,1-4H3. The molecule has 1 aromatic rings. The molecule has 0 aromatic carbocycles. The summed E-state index contributed by atoms with van der Waals surface area (Å²) < 4.78 is 27.3. The van der Waals surface area contributed by atoms with Crippen LogP contribution in [0.15, 0.2) is 16.3 Å². The molecule has 1 N–H and O–H groups in total. The van der Waals surface area contributed by atoms with E-state index in [0.717, 1.165) is 11.4 Å². The molecule has 0 saturated carbocycles. The van der Waals surface area contributed by atoms with E-state index in [9.17, 15) is 8.42 Å². The number of nitrogens with zero attached hydrogens (tertiary/aromatic N) is 1. The smallest absolute Gasteiger partial charge is 0.252 e. The SMILES string of the molecule is CC(C)NCc1ccc(S(=O)(=O)N2CC(C)C(C)C2)s1. The van der Waals surface area contributed by atoms with E-state index in [4.69, 9.17) is 0 Å². The zero-order valence-corrected chi connectivity index (χ0v) is 14.2. The van der Waals surface area contributed by atoms with Crippen LogP contribution < -0.4 is 5.32 Å². The van der Waals surface area contributed by atoms with Crippen molar-refractivity contribution in [1.82, 2.24) is 9.62 Å². The number of nitrogens with one attached hydrogen (secondary N) is 1. The highest BCUT2D eigenvalue weighted by atomic mass is 32.2. The maximum absolute atomic E-state index is 12.6. The fourth-order valence-electron chi connectivity index (χ4n) is 2.30. The van der Waals surface area contributed by atoms with Crippen LogP contribution in [-0.4, -0.2) is 31.9 Å². The van der Waals surface area contributed by atoms with Gasteiger partial charge in [-0.15, -0.1) is 11.3 Å². The molecule has 1 aliphatic rings. The minimum Gasteiger partial charge on any atom is -0.310 e. The van der Waals surface area contributed by atoms with E-state index in [-0.39, 0.29) is 0 Å². The number of hydrogen-bond donors (Lipinski definition) is 1. The van der Waals surface area contributed by atoms with Crippen LogP contribution in [0.3, 0.4) is 0 Å². The Hall–Kier alpha value is -0.430. The molecular weight excluding hydrogens is 292 g/mol. The van der Waals surface area contributed by atoms with Gasteiger partial charge < -0.3 is 5.32 Å². The average molecular weight is 316 g/mol. The highest BCUT2D eigenvalue weighted by Crippen LogP contribution is 2.31. The Morgan fingerprint density at radius 2 is 1.90 bits per heavy atom. The summed E-state index contributed by atoms with van der Waals surface area (Å²) >= 11 is 1.38. The quantitative estimate of drug-likeness (QED) is 0.908. The van der Waals surface area contributed by atoms with Crippen LogP contribution in [-0.2, 0) is 16.6 Å². The molecule has 4 nitrogen and oxygen atoms in total. The Bertz CT molecular complexity index is 541. The van der Waals surface area contributed by atoms with Gasteiger partial charge in [0.05, 0.1) is 0 Å². The molecule has 2 unspecified atom stereocenters. The van der Waals surface area contributed by atoms with Gasteiger partial charge in [0.15, 0.2) is 0 Å². The normalized spacial score (nSPS) is 24.6. The van der Waals surface area contributed by atoms with Crippen molar-refractivity contribution < 1.29 is 8.42 Å². The third kappa shape index (κ3) is 3.42. The fraction of sp³-hybridized carbons (Fsp3) is 0.714. The van der Waals surface area contributed by atoms with Crippen LogP contribution in [0, 0.1) is 11.8 Å². The van der Waals surface area contributed by atoms with Gasteiger partial charge in [0.2, 0.25) is 0 Å². The van der Waals surface area contributed by atoms with Crippen LogP contribution >= 0.6 is 11.3 Å². The molecule has 1 saturated heterocycles. The van der Waals surface area contributed by atoms with Crippen molar-refractivity contribution >= 4 is 21.4 Å². The molecule has 1 fully saturated rings. The van der Waals surface area contributed by atoms with Gasteiger partial charge in [-0.1, -0.05) is 27.7 Å². The van der Waals surface area contributed by atoms with Crippen molar-refractivity contribution in [2.24, 2.45) is 11.8 Å². The van der Waals surface area contributed by atoms with Gasteiger partial charge in [-0.25, -0.2) is 8.42 Å². The minimum atomic E-state index is -3.30. The summed E-state index contributed by atoms with van der Waals surface area (Å²) in [7, 11) is -3.30. The molecule has 0 amide bonds. The summed E-state index contributed by atoms with van der Waals surface area (Å²) in [4.78, 5) is 1.07. The lowest BCUT2D eigenvalue weighted by atomic mass is 10.0. The Kier molecular flexibility index (Phi) is 4.89. The topological polar surface area (TPSA) is 49.4 Å². The van der Waals surface area contributed by atoms with Crippen LogP contribution in [0.4, 0.5) is 0 Å². The lowest BCUT2D eigenvalue weighted by Gasteiger charge is -2.14. The number of rotatable bonds is 5. The Labute approximate surface area is 126 Å². The summed E-state index contributed by atoms with van der Waals surface area (Å²) in [5, 5.41) is 3.31. The molecule has 1 aromatic heterocycles. The van der Waals surface area contributed by atoms with E-state index in [1.54, 1.807) is 10.4 Å². The minimum absolute atomic E-state index is 0.400. The summed E-state index contributed by atoms with van der Waals surface area (Å²) in [5.74, 6) is 0.874. The highest BCUT2D eigenvalue weighted by Gasteiger charge is 2.35. The van der Waals surface area contributed by atoms with Gasteiger partial charge >= 0.3 is 0 Å². The molecule has 0 bridgehead atoms. The molecule has 2 rings (SSSR count). The number of hydrogen-bond acceptors (Lipinski definition) is 4. The van der Waals surface area contributed by atoms with E-state index in [1.807, 2.05) is 6.07 Å². The first-order valence-corrected chi connectivity index (χ1v) is 9.38. The largest absolute Gasteiger partial charge is 0.310 e. The van der Waals surface area contributed by atoms with Crippen molar-refractivity contribution in [3.63, 3.8) is 0 Å². The van der Waals surface area contributed by atoms with Crippen molar-refractivity contribution in [1.29, 1.82) is 0 Å². The molecule has 0 aliphatic carbocycles. The third-order valence-electron chi connectivity index (χ3n) is 3.87. The van der Waals surface area contributed by atoms with Crippen LogP contribution in [0.5, 0.6) is 0 Å². The Balaban J connectivity index is 2.10. The van der Waals surface area contributed by atoms with E-state index < -0.39 is 10.0 Å². The van der Waals surface area contributed by atoms with Gasteiger partial charge in [-0.3, -0.25) is 0 Å². The first-order valence-electron chi connectivity index (χ1n) is 7.13. The summed E-state index contributed by atoms with van der Waals surface area (Å²) in [6, 6.07) is 4.05. The summed E-state index contributed by atoms with van der Waals surface area (Å²) in [6.45, 7) is 10.4. The third-order valence-corrected chi connectivity index (χ3v) is 7.25. The molecule has 114 valence electrons. The average Bonchev–Trinajstić information content (AvgIpc) is 2.95. The van der Waals surface area contributed by atoms with Gasteiger partial charge in [-0.2, -0.15) is 4.31 Å². The van der Waals surface area contributed by atoms with Crippen molar-refractivity contribution in [3.05, 3.63) is 17.0 Å². The van der Waals surface area contributed by atoms with Crippen LogP contribution in [0.25, 0.3) is 0 Å². The maximum Gasteiger partial charge on any atom is 0.252 e. The van der Waals surface area contributed by atoms with E-state index in [2.05, 4.69) is 33.0 Å². The molecule has 1 aliphatic heterocycles. The predicted molar refractivity (Wildman–Crippen MR) is 83.4 cm³/mol. The van der Waals surface area contributed by atoms with Crippen molar-refractivity contribution in [3.8, 4) is 0 Å². The summed E-state index contributed by atoms with van der Waals surface area (Å²) in [5.41, 5.74) is 0. The Morgan fingerprint density at radius 1 is 1.30 bits per heavy atom. The van der Waals surface area contributed by atoms with Crippen LogP contribution in [0.1, 0.15) is 32.6 Å². The van der Waals surface area contributed by atoms with Gasteiger partial charge in [0, 0.05) is 30.6 Å². The van der Waals surface area contributed by atoms with Crippen molar-refractivity contribution in [2.75, 3.05) is 13.1 Å². The molecule has 0 spiro atoms. The maximum atomic E-state index is 12.6. The van der Waals surface area contributed by atoms with Crippen LogP contribution in [0.2, 0.25) is 0 Å². The second kappa shape index (κ2) is 6.13. The summed E-state index contributed by atoms with van der Waals surface area (Å²) in [6.07, 6.45) is 0. The second-order valence-corrected chi connectivity index (χ2v) is 9.37. The van der Waals surface area contributed by atoms with Gasteiger partial charge in [-0.05, 0) is 24.0 Å².